The van der Waals surface area contributed by atoms with Crippen molar-refractivity contribution in [3.63, 3.8) is 0 Å². The highest BCUT2D eigenvalue weighted by molar-refractivity contribution is 7.89. The van der Waals surface area contributed by atoms with Gasteiger partial charge in [0.2, 0.25) is 10.0 Å². The molecule has 166 valence electrons. The second-order valence-corrected chi connectivity index (χ2v) is 11.9. The number of nitrogens with zero attached hydrogens (tertiary/aromatic N) is 1. The van der Waals surface area contributed by atoms with Crippen LogP contribution in [0.25, 0.3) is 0 Å². The van der Waals surface area contributed by atoms with Crippen molar-refractivity contribution >= 4 is 21.6 Å². The smallest absolute Gasteiger partial charge is 0.217 e. The second-order valence-electron chi connectivity index (χ2n) is 9.22. The van der Waals surface area contributed by atoms with Gasteiger partial charge in [-0.15, -0.1) is 0 Å². The third-order valence-electron chi connectivity index (χ3n) is 7.42. The number of halogens is 2. The molecule has 0 aromatic heterocycles. The molecule has 0 spiro atoms. The first-order valence-electron chi connectivity index (χ1n) is 11.1. The van der Waals surface area contributed by atoms with Crippen LogP contribution < -0.4 is 5.32 Å². The van der Waals surface area contributed by atoms with Gasteiger partial charge in [-0.1, -0.05) is 36.2 Å². The van der Waals surface area contributed by atoms with E-state index in [1.165, 1.54) is 5.56 Å². The molecule has 1 saturated heterocycles. The normalized spacial score (nSPS) is 24.6. The molecule has 1 saturated carbocycles. The predicted octanol–water partition coefficient (Wildman–Crippen LogP) is 4.23. The Morgan fingerprint density at radius 3 is 2.58 bits per heavy atom. The number of sulfonamides is 1. The first-order valence-corrected chi connectivity index (χ1v) is 13.0. The summed E-state index contributed by atoms with van der Waals surface area (Å²) in [5, 5.41) is 3.90. The standard InChI is InChI=1S/C24H28ClFN2O2S/c1-27-24-11-16-10-23(26)21(17-13-28(14-17)31(29,30)19-6-3-7-19)12-20(16)22(24)9-15-4-2-5-18(25)8-15/h2,4-5,8,10,12,17,19,22,24,27H,3,6-7,9,11,13-14H2,1H3. The topological polar surface area (TPSA) is 49.4 Å². The van der Waals surface area contributed by atoms with Gasteiger partial charge >= 0.3 is 0 Å². The van der Waals surface area contributed by atoms with Crippen LogP contribution in [-0.2, 0) is 22.9 Å². The number of hydrogen-bond acceptors (Lipinski definition) is 3. The van der Waals surface area contributed by atoms with Gasteiger partial charge < -0.3 is 5.32 Å². The molecule has 7 heteroatoms. The van der Waals surface area contributed by atoms with Crippen molar-refractivity contribution in [1.29, 1.82) is 0 Å². The number of benzene rings is 2. The highest BCUT2D eigenvalue weighted by Crippen LogP contribution is 2.42. The van der Waals surface area contributed by atoms with Crippen LogP contribution in [-0.4, -0.2) is 44.2 Å². The van der Waals surface area contributed by atoms with E-state index in [9.17, 15) is 8.42 Å². The number of likely N-dealkylation sites (N-methyl/N-ethyl adjacent to an activating group) is 1. The number of hydrogen-bond donors (Lipinski definition) is 1. The largest absolute Gasteiger partial charge is 0.316 e. The fourth-order valence-electron chi connectivity index (χ4n) is 5.27. The molecule has 2 fully saturated rings. The van der Waals surface area contributed by atoms with Gasteiger partial charge in [0.05, 0.1) is 5.25 Å². The lowest BCUT2D eigenvalue weighted by molar-refractivity contribution is 0.251. The van der Waals surface area contributed by atoms with Crippen LogP contribution in [0.3, 0.4) is 0 Å². The third-order valence-corrected chi connectivity index (χ3v) is 9.99. The third kappa shape index (κ3) is 3.82. The average Bonchev–Trinajstić information content (AvgIpc) is 2.95. The SMILES string of the molecule is CNC1Cc2cc(F)c(C3CN(S(=O)(=O)C4CCC4)C3)cc2C1Cc1cccc(Cl)c1. The van der Waals surface area contributed by atoms with Crippen molar-refractivity contribution in [2.75, 3.05) is 20.1 Å². The zero-order valence-electron chi connectivity index (χ0n) is 17.7. The number of nitrogens with one attached hydrogen (secondary N) is 1. The first-order chi connectivity index (χ1) is 14.9. The summed E-state index contributed by atoms with van der Waals surface area (Å²) < 4.78 is 41.8. The van der Waals surface area contributed by atoms with E-state index in [-0.39, 0.29) is 28.9 Å². The van der Waals surface area contributed by atoms with E-state index >= 15 is 4.39 Å². The molecular formula is C24H28ClFN2O2S. The van der Waals surface area contributed by atoms with E-state index < -0.39 is 10.0 Å². The highest BCUT2D eigenvalue weighted by atomic mass is 35.5. The van der Waals surface area contributed by atoms with Crippen molar-refractivity contribution < 1.29 is 12.8 Å². The molecule has 31 heavy (non-hydrogen) atoms. The van der Waals surface area contributed by atoms with Gasteiger partial charge in [-0.25, -0.2) is 17.1 Å². The molecule has 0 amide bonds. The Labute approximate surface area is 188 Å². The second kappa shape index (κ2) is 8.14. The van der Waals surface area contributed by atoms with E-state index in [4.69, 9.17) is 11.6 Å². The van der Waals surface area contributed by atoms with Gasteiger partial charge in [0.25, 0.3) is 0 Å². The van der Waals surface area contributed by atoms with E-state index in [2.05, 4.69) is 11.4 Å². The molecule has 1 aliphatic heterocycles. The van der Waals surface area contributed by atoms with E-state index in [1.54, 1.807) is 10.4 Å². The molecule has 5 rings (SSSR count). The molecule has 2 aliphatic carbocycles. The molecule has 1 N–H and O–H groups in total. The van der Waals surface area contributed by atoms with Crippen LogP contribution in [0.4, 0.5) is 4.39 Å². The van der Waals surface area contributed by atoms with E-state index in [1.807, 2.05) is 31.3 Å². The van der Waals surface area contributed by atoms with Gasteiger partial charge in [-0.3, -0.25) is 0 Å². The summed E-state index contributed by atoms with van der Waals surface area (Å²) in [6.45, 7) is 0.784. The van der Waals surface area contributed by atoms with Crippen molar-refractivity contribution in [3.8, 4) is 0 Å². The molecule has 2 unspecified atom stereocenters. The predicted molar refractivity (Wildman–Crippen MR) is 122 cm³/mol. The number of rotatable bonds is 6. The maximum absolute atomic E-state index is 15.0. The van der Waals surface area contributed by atoms with Crippen LogP contribution in [0.5, 0.6) is 0 Å². The fourth-order valence-corrected chi connectivity index (χ4v) is 7.61. The highest BCUT2D eigenvalue weighted by Gasteiger charge is 2.44. The summed E-state index contributed by atoms with van der Waals surface area (Å²) in [5.41, 5.74) is 4.05. The minimum Gasteiger partial charge on any atom is -0.316 e. The molecule has 0 bridgehead atoms. The fraction of sp³-hybridized carbons (Fsp3) is 0.500. The van der Waals surface area contributed by atoms with Crippen molar-refractivity contribution in [3.05, 3.63) is 69.5 Å². The summed E-state index contributed by atoms with van der Waals surface area (Å²) >= 11 is 6.18. The Balaban J connectivity index is 1.38. The summed E-state index contributed by atoms with van der Waals surface area (Å²) in [6, 6.07) is 11.8. The number of fused-ring (bicyclic) bond motifs is 1. The van der Waals surface area contributed by atoms with Gasteiger partial charge in [-0.05, 0) is 73.2 Å². The zero-order valence-corrected chi connectivity index (χ0v) is 19.2. The van der Waals surface area contributed by atoms with Gasteiger partial charge in [0.1, 0.15) is 5.82 Å². The summed E-state index contributed by atoms with van der Waals surface area (Å²) in [4.78, 5) is 0. The van der Waals surface area contributed by atoms with Crippen LogP contribution in [0.1, 0.15) is 53.4 Å². The maximum atomic E-state index is 15.0. The molecule has 2 aromatic carbocycles. The summed E-state index contributed by atoms with van der Waals surface area (Å²) in [5.74, 6) is -0.0454. The Morgan fingerprint density at radius 2 is 1.94 bits per heavy atom. The van der Waals surface area contributed by atoms with Crippen LogP contribution in [0.2, 0.25) is 5.02 Å². The molecule has 2 atom stereocenters. The van der Waals surface area contributed by atoms with Crippen molar-refractivity contribution in [1.82, 2.24) is 9.62 Å². The van der Waals surface area contributed by atoms with Gasteiger partial charge in [-0.2, -0.15) is 0 Å². The Bertz CT molecular complexity index is 1100. The Kier molecular flexibility index (Phi) is 5.62. The molecule has 1 heterocycles. The maximum Gasteiger partial charge on any atom is 0.217 e. The average molecular weight is 463 g/mol. The van der Waals surface area contributed by atoms with Crippen molar-refractivity contribution in [2.24, 2.45) is 0 Å². The lowest BCUT2D eigenvalue weighted by atomic mass is 9.86. The molecule has 2 aromatic rings. The summed E-state index contributed by atoms with van der Waals surface area (Å²) in [7, 11) is -1.26. The molecule has 0 radical (unpaired) electrons. The first kappa shape index (κ1) is 21.4. The Morgan fingerprint density at radius 1 is 1.16 bits per heavy atom. The van der Waals surface area contributed by atoms with Crippen LogP contribution in [0.15, 0.2) is 36.4 Å². The summed E-state index contributed by atoms with van der Waals surface area (Å²) in [6.07, 6.45) is 4.12. The van der Waals surface area contributed by atoms with Gasteiger partial charge in [0.15, 0.2) is 0 Å². The van der Waals surface area contributed by atoms with Gasteiger partial charge in [0, 0.05) is 36.0 Å². The lowest BCUT2D eigenvalue weighted by Gasteiger charge is -2.42. The Hall–Kier alpha value is -1.47. The quantitative estimate of drug-likeness (QED) is 0.698. The van der Waals surface area contributed by atoms with Crippen LogP contribution >= 0.6 is 11.6 Å². The zero-order chi connectivity index (χ0) is 21.8. The molecule has 3 aliphatic rings. The molecular weight excluding hydrogens is 435 g/mol. The monoisotopic (exact) mass is 462 g/mol. The van der Waals surface area contributed by atoms with Crippen molar-refractivity contribution in [2.45, 2.75) is 55.2 Å². The lowest BCUT2D eigenvalue weighted by Crippen LogP contribution is -2.53. The minimum atomic E-state index is -3.21. The van der Waals surface area contributed by atoms with E-state index in [0.29, 0.717) is 18.7 Å². The van der Waals surface area contributed by atoms with E-state index in [0.717, 1.165) is 48.3 Å². The molecule has 4 nitrogen and oxygen atoms in total. The minimum absolute atomic E-state index is 0.0689. The van der Waals surface area contributed by atoms with Crippen LogP contribution in [0, 0.1) is 5.82 Å².